The number of nitro groups is 1. The molecule has 3 rings (SSSR count). The highest BCUT2D eigenvalue weighted by Gasteiger charge is 2.30. The van der Waals surface area contributed by atoms with E-state index in [1.807, 2.05) is 0 Å². The zero-order valence-electron chi connectivity index (χ0n) is 18.7. The lowest BCUT2D eigenvalue weighted by atomic mass is 10.2. The molecule has 184 valence electrons. The van der Waals surface area contributed by atoms with E-state index in [0.29, 0.717) is 23.7 Å². The third-order valence-electron chi connectivity index (χ3n) is 4.71. The SMILES string of the molecule is CCOc1cc(C=Cc2ncc([N+](=O)[O-])n2C)ccc1OCC(=O)Nc1cccc(C(F)(F)F)c1. The highest BCUT2D eigenvalue weighted by Crippen LogP contribution is 2.31. The second kappa shape index (κ2) is 10.7. The molecule has 0 fully saturated rings. The van der Waals surface area contributed by atoms with Crippen molar-refractivity contribution < 1.29 is 32.4 Å². The molecule has 0 aliphatic heterocycles. The van der Waals surface area contributed by atoms with E-state index in [4.69, 9.17) is 9.47 Å². The molecule has 0 saturated heterocycles. The molecule has 2 aromatic carbocycles. The van der Waals surface area contributed by atoms with Crippen molar-refractivity contribution in [3.8, 4) is 11.5 Å². The van der Waals surface area contributed by atoms with Crippen molar-refractivity contribution in [2.24, 2.45) is 7.05 Å². The summed E-state index contributed by atoms with van der Waals surface area (Å²) in [4.78, 5) is 26.6. The number of nitrogens with one attached hydrogen (secondary N) is 1. The predicted molar refractivity (Wildman–Crippen MR) is 122 cm³/mol. The summed E-state index contributed by atoms with van der Waals surface area (Å²) in [5.74, 6) is 0.184. The third-order valence-corrected chi connectivity index (χ3v) is 4.71. The number of aromatic nitrogens is 2. The number of benzene rings is 2. The Balaban J connectivity index is 1.68. The fourth-order valence-electron chi connectivity index (χ4n) is 3.04. The molecular weight excluding hydrogens is 469 g/mol. The number of carbonyl (C=O) groups is 1. The lowest BCUT2D eigenvalue weighted by Crippen LogP contribution is -2.20. The van der Waals surface area contributed by atoms with Gasteiger partial charge in [0, 0.05) is 11.8 Å². The number of rotatable bonds is 9. The summed E-state index contributed by atoms with van der Waals surface area (Å²) in [6, 6.07) is 9.18. The van der Waals surface area contributed by atoms with Gasteiger partial charge in [-0.25, -0.2) is 9.55 Å². The molecule has 0 saturated carbocycles. The maximum absolute atomic E-state index is 12.8. The van der Waals surface area contributed by atoms with Crippen LogP contribution in [-0.2, 0) is 18.0 Å². The number of carbonyl (C=O) groups excluding carboxylic acids is 1. The van der Waals surface area contributed by atoms with Crippen LogP contribution >= 0.6 is 0 Å². The molecule has 12 heteroatoms. The number of hydrogen-bond donors (Lipinski definition) is 1. The van der Waals surface area contributed by atoms with Gasteiger partial charge < -0.3 is 24.9 Å². The molecule has 0 aliphatic rings. The molecule has 3 aromatic rings. The number of imidazole rings is 1. The average molecular weight is 490 g/mol. The predicted octanol–water partition coefficient (Wildman–Crippen LogP) is 4.93. The van der Waals surface area contributed by atoms with Gasteiger partial charge in [-0.1, -0.05) is 12.1 Å². The fraction of sp³-hybridized carbons (Fsp3) is 0.217. The molecule has 35 heavy (non-hydrogen) atoms. The third kappa shape index (κ3) is 6.59. The molecule has 1 amide bonds. The molecular formula is C23H21F3N4O5. The Labute approximate surface area is 198 Å². The van der Waals surface area contributed by atoms with Gasteiger partial charge in [0.25, 0.3) is 5.91 Å². The minimum atomic E-state index is -4.52. The van der Waals surface area contributed by atoms with Crippen LogP contribution in [0.4, 0.5) is 24.7 Å². The molecule has 0 radical (unpaired) electrons. The topological polar surface area (TPSA) is 109 Å². The van der Waals surface area contributed by atoms with Gasteiger partial charge in [0.1, 0.15) is 6.20 Å². The van der Waals surface area contributed by atoms with Crippen LogP contribution in [0.25, 0.3) is 12.2 Å². The van der Waals surface area contributed by atoms with Gasteiger partial charge in [-0.15, -0.1) is 0 Å². The number of ether oxygens (including phenoxy) is 2. The largest absolute Gasteiger partial charge is 0.490 e. The number of nitrogens with zero attached hydrogens (tertiary/aromatic N) is 3. The normalized spacial score (nSPS) is 11.5. The van der Waals surface area contributed by atoms with Crippen molar-refractivity contribution in [1.29, 1.82) is 0 Å². The second-order valence-corrected chi connectivity index (χ2v) is 7.18. The highest BCUT2D eigenvalue weighted by molar-refractivity contribution is 5.92. The van der Waals surface area contributed by atoms with Crippen molar-refractivity contribution in [1.82, 2.24) is 9.55 Å². The Morgan fingerprint density at radius 2 is 1.94 bits per heavy atom. The fourth-order valence-corrected chi connectivity index (χ4v) is 3.04. The summed E-state index contributed by atoms with van der Waals surface area (Å²) >= 11 is 0. The van der Waals surface area contributed by atoms with E-state index in [1.54, 1.807) is 37.3 Å². The van der Waals surface area contributed by atoms with Crippen molar-refractivity contribution in [2.75, 3.05) is 18.5 Å². The summed E-state index contributed by atoms with van der Waals surface area (Å²) in [6.45, 7) is 1.62. The van der Waals surface area contributed by atoms with E-state index >= 15 is 0 Å². The first-order valence-corrected chi connectivity index (χ1v) is 10.3. The monoisotopic (exact) mass is 490 g/mol. The van der Waals surface area contributed by atoms with E-state index in [2.05, 4.69) is 10.3 Å². The lowest BCUT2D eigenvalue weighted by Gasteiger charge is -2.13. The maximum Gasteiger partial charge on any atom is 0.416 e. The number of halogens is 3. The molecule has 1 aromatic heterocycles. The number of hydrogen-bond acceptors (Lipinski definition) is 6. The van der Waals surface area contributed by atoms with Gasteiger partial charge in [-0.3, -0.25) is 4.79 Å². The van der Waals surface area contributed by atoms with Crippen LogP contribution in [0.5, 0.6) is 11.5 Å². The van der Waals surface area contributed by atoms with Crippen molar-refractivity contribution in [2.45, 2.75) is 13.1 Å². The van der Waals surface area contributed by atoms with Crippen molar-refractivity contribution in [3.05, 3.63) is 75.7 Å². The van der Waals surface area contributed by atoms with E-state index in [0.717, 1.165) is 18.3 Å². The molecule has 0 atom stereocenters. The van der Waals surface area contributed by atoms with E-state index in [-0.39, 0.29) is 17.3 Å². The van der Waals surface area contributed by atoms with Gasteiger partial charge >= 0.3 is 12.0 Å². The second-order valence-electron chi connectivity index (χ2n) is 7.18. The van der Waals surface area contributed by atoms with Crippen molar-refractivity contribution in [3.63, 3.8) is 0 Å². The first-order chi connectivity index (χ1) is 16.6. The molecule has 9 nitrogen and oxygen atoms in total. The first-order valence-electron chi connectivity index (χ1n) is 10.3. The average Bonchev–Trinajstić information content (AvgIpc) is 3.17. The van der Waals surface area contributed by atoms with Crippen LogP contribution in [0.1, 0.15) is 23.9 Å². The maximum atomic E-state index is 12.8. The molecule has 0 unspecified atom stereocenters. The van der Waals surface area contributed by atoms with Crippen LogP contribution in [-0.4, -0.2) is 33.6 Å². The van der Waals surface area contributed by atoms with E-state index in [9.17, 15) is 28.1 Å². The van der Waals surface area contributed by atoms with E-state index < -0.39 is 29.2 Å². The van der Waals surface area contributed by atoms with Crippen LogP contribution in [0.2, 0.25) is 0 Å². The molecule has 1 heterocycles. The molecule has 1 N–H and O–H groups in total. The molecule has 0 aliphatic carbocycles. The smallest absolute Gasteiger partial charge is 0.416 e. The van der Waals surface area contributed by atoms with Crippen LogP contribution in [0.15, 0.2) is 48.7 Å². The van der Waals surface area contributed by atoms with Gasteiger partial charge in [-0.2, -0.15) is 13.2 Å². The Hall–Kier alpha value is -4.35. The standard InChI is InChI=1S/C23H21F3N4O5/c1-3-34-19-11-15(8-10-20-27-13-22(29(20)2)30(32)33)7-9-18(19)35-14-21(31)28-17-6-4-5-16(12-17)23(24,25)26/h4-13H,3,14H2,1-2H3,(H,28,31). The summed E-state index contributed by atoms with van der Waals surface area (Å²) in [6.07, 6.45) is -0.0860. The van der Waals surface area contributed by atoms with Crippen LogP contribution in [0.3, 0.4) is 0 Å². The summed E-state index contributed by atoms with van der Waals surface area (Å²) in [5.41, 5.74) is -0.202. The number of amides is 1. The van der Waals surface area contributed by atoms with Gasteiger partial charge in [-0.05, 0) is 53.8 Å². The molecule has 0 spiro atoms. The van der Waals surface area contributed by atoms with Gasteiger partial charge in [0.2, 0.25) is 5.82 Å². The van der Waals surface area contributed by atoms with Gasteiger partial charge in [0.05, 0.1) is 19.2 Å². The minimum absolute atomic E-state index is 0.00605. The summed E-state index contributed by atoms with van der Waals surface area (Å²) in [7, 11) is 1.53. The Morgan fingerprint density at radius 3 is 2.60 bits per heavy atom. The molecule has 0 bridgehead atoms. The highest BCUT2D eigenvalue weighted by atomic mass is 19.4. The quantitative estimate of drug-likeness (QED) is 0.336. The first kappa shape index (κ1) is 25.3. The summed E-state index contributed by atoms with van der Waals surface area (Å²) in [5, 5.41) is 13.3. The zero-order valence-corrected chi connectivity index (χ0v) is 18.7. The van der Waals surface area contributed by atoms with E-state index in [1.165, 1.54) is 23.7 Å². The summed E-state index contributed by atoms with van der Waals surface area (Å²) < 4.78 is 50.9. The Morgan fingerprint density at radius 1 is 1.17 bits per heavy atom. The van der Waals surface area contributed by atoms with Crippen molar-refractivity contribution >= 4 is 29.6 Å². The zero-order chi connectivity index (χ0) is 25.6. The van der Waals surface area contributed by atoms with Crippen LogP contribution in [0, 0.1) is 10.1 Å². The number of anilines is 1. The minimum Gasteiger partial charge on any atom is -0.490 e. The Kier molecular flexibility index (Phi) is 7.74. The number of alkyl halides is 3. The van der Waals surface area contributed by atoms with Crippen LogP contribution < -0.4 is 14.8 Å². The lowest BCUT2D eigenvalue weighted by molar-refractivity contribution is -0.391. The van der Waals surface area contributed by atoms with Gasteiger partial charge in [0.15, 0.2) is 18.1 Å². The Bertz CT molecular complexity index is 1250.